The number of nitrogens with two attached hydrogens (primary N) is 1. The maximum absolute atomic E-state index is 5.73. The minimum absolute atomic E-state index is 0.487. The Bertz CT molecular complexity index is 732. The first kappa shape index (κ1) is 14.1. The third kappa shape index (κ3) is 3.25. The molecule has 0 spiro atoms. The normalized spacial score (nSPS) is 11.0. The lowest BCUT2D eigenvalue weighted by Crippen LogP contribution is -1.97. The molecule has 2 N–H and O–H groups in total. The Balaban J connectivity index is 1.76. The summed E-state index contributed by atoms with van der Waals surface area (Å²) in [6.07, 6.45) is 0. The van der Waals surface area contributed by atoms with Gasteiger partial charge in [0.2, 0.25) is 5.89 Å². The van der Waals surface area contributed by atoms with Gasteiger partial charge in [0, 0.05) is 17.5 Å². The molecule has 21 heavy (non-hydrogen) atoms. The van der Waals surface area contributed by atoms with Crippen LogP contribution in [-0.2, 0) is 5.75 Å². The summed E-state index contributed by atoms with van der Waals surface area (Å²) in [4.78, 5) is 14.1. The molecule has 0 saturated heterocycles. The van der Waals surface area contributed by atoms with Gasteiger partial charge in [-0.2, -0.15) is 0 Å². The second-order valence-electron chi connectivity index (χ2n) is 4.50. The van der Waals surface area contributed by atoms with E-state index in [2.05, 4.69) is 15.0 Å². The Labute approximate surface area is 130 Å². The average Bonchev–Trinajstić information content (AvgIpc) is 3.04. The maximum atomic E-state index is 5.73. The van der Waals surface area contributed by atoms with Crippen molar-refractivity contribution < 1.29 is 4.42 Å². The largest absolute Gasteiger partial charge is 0.440 e. The van der Waals surface area contributed by atoms with E-state index >= 15 is 0 Å². The van der Waals surface area contributed by atoms with E-state index in [1.54, 1.807) is 17.4 Å². The number of hydrogen-bond acceptors (Lipinski definition) is 7. The van der Waals surface area contributed by atoms with Crippen LogP contribution in [-0.4, -0.2) is 15.0 Å². The highest BCUT2D eigenvalue weighted by atomic mass is 32.2. The number of thioether (sulfide) groups is 1. The summed E-state index contributed by atoms with van der Waals surface area (Å²) < 4.78 is 5.72. The van der Waals surface area contributed by atoms with E-state index in [4.69, 9.17) is 10.2 Å². The van der Waals surface area contributed by atoms with Crippen LogP contribution in [0.25, 0.3) is 10.8 Å². The summed E-state index contributed by atoms with van der Waals surface area (Å²) in [5, 5.41) is 2.67. The van der Waals surface area contributed by atoms with Gasteiger partial charge in [0.15, 0.2) is 5.16 Å². The molecule has 0 aliphatic rings. The van der Waals surface area contributed by atoms with Gasteiger partial charge < -0.3 is 10.2 Å². The lowest BCUT2D eigenvalue weighted by molar-refractivity contribution is 0.542. The predicted molar refractivity (Wildman–Crippen MR) is 85.3 cm³/mol. The molecule has 3 aromatic heterocycles. The van der Waals surface area contributed by atoms with Crippen molar-refractivity contribution in [1.29, 1.82) is 0 Å². The fraction of sp³-hybridized carbons (Fsp3) is 0.214. The van der Waals surface area contributed by atoms with Crippen LogP contribution in [0.4, 0.5) is 5.82 Å². The van der Waals surface area contributed by atoms with Crippen LogP contribution < -0.4 is 5.73 Å². The van der Waals surface area contributed by atoms with Crippen molar-refractivity contribution in [1.82, 2.24) is 15.0 Å². The minimum atomic E-state index is 0.487. The van der Waals surface area contributed by atoms with Crippen molar-refractivity contribution in [2.24, 2.45) is 0 Å². The van der Waals surface area contributed by atoms with Crippen molar-refractivity contribution in [3.8, 4) is 10.8 Å². The molecule has 0 unspecified atom stereocenters. The number of thiophene rings is 1. The van der Waals surface area contributed by atoms with Crippen LogP contribution in [0.1, 0.15) is 17.1 Å². The molecule has 3 aromatic rings. The van der Waals surface area contributed by atoms with Gasteiger partial charge in [0.05, 0.1) is 10.6 Å². The summed E-state index contributed by atoms with van der Waals surface area (Å²) in [5.74, 6) is 2.64. The zero-order valence-corrected chi connectivity index (χ0v) is 13.3. The topological polar surface area (TPSA) is 77.8 Å². The molecule has 0 aromatic carbocycles. The first-order valence-corrected chi connectivity index (χ1v) is 8.22. The van der Waals surface area contributed by atoms with Crippen LogP contribution in [0.3, 0.4) is 0 Å². The molecule has 0 saturated carbocycles. The second kappa shape index (κ2) is 5.87. The van der Waals surface area contributed by atoms with E-state index in [9.17, 15) is 0 Å². The number of oxazole rings is 1. The molecule has 0 aliphatic carbocycles. The molecule has 0 atom stereocenters. The van der Waals surface area contributed by atoms with Gasteiger partial charge in [-0.25, -0.2) is 15.0 Å². The summed E-state index contributed by atoms with van der Waals surface area (Å²) >= 11 is 3.12. The highest BCUT2D eigenvalue weighted by Gasteiger charge is 2.13. The van der Waals surface area contributed by atoms with Gasteiger partial charge in [0.1, 0.15) is 11.6 Å². The molecule has 0 aliphatic heterocycles. The number of hydrogen-bond donors (Lipinski definition) is 1. The lowest BCUT2D eigenvalue weighted by atomic mass is 10.4. The van der Waals surface area contributed by atoms with Crippen LogP contribution in [0, 0.1) is 13.8 Å². The Morgan fingerprint density at radius 3 is 2.86 bits per heavy atom. The molecular weight excluding hydrogens is 304 g/mol. The van der Waals surface area contributed by atoms with E-state index in [0.29, 0.717) is 22.6 Å². The number of rotatable bonds is 4. The third-order valence-corrected chi connectivity index (χ3v) is 4.53. The molecule has 108 valence electrons. The van der Waals surface area contributed by atoms with Gasteiger partial charge in [-0.1, -0.05) is 17.8 Å². The van der Waals surface area contributed by atoms with Gasteiger partial charge in [-0.15, -0.1) is 11.3 Å². The standard InChI is InChI=1S/C14H14N4OS2/c1-8-6-12(15)18-14(16-8)21-7-10-9(2)19-13(17-10)11-4-3-5-20-11/h3-6H,7H2,1-2H3,(H2,15,16,18). The van der Waals surface area contributed by atoms with Crippen LogP contribution >= 0.6 is 23.1 Å². The quantitative estimate of drug-likeness (QED) is 0.584. The van der Waals surface area contributed by atoms with Crippen molar-refractivity contribution in [2.75, 3.05) is 5.73 Å². The number of anilines is 1. The van der Waals surface area contributed by atoms with Crippen molar-refractivity contribution in [2.45, 2.75) is 24.8 Å². The molecular formula is C14H14N4OS2. The average molecular weight is 318 g/mol. The second-order valence-corrected chi connectivity index (χ2v) is 6.39. The highest BCUT2D eigenvalue weighted by molar-refractivity contribution is 7.98. The number of aromatic nitrogens is 3. The molecule has 0 amide bonds. The fourth-order valence-corrected chi connectivity index (χ4v) is 3.39. The van der Waals surface area contributed by atoms with Crippen LogP contribution in [0.2, 0.25) is 0 Å². The molecule has 0 radical (unpaired) electrons. The Morgan fingerprint density at radius 1 is 1.29 bits per heavy atom. The summed E-state index contributed by atoms with van der Waals surface area (Å²) in [6.45, 7) is 3.82. The van der Waals surface area contributed by atoms with Gasteiger partial charge in [0.25, 0.3) is 0 Å². The number of nitrogen functional groups attached to an aromatic ring is 1. The molecule has 5 nitrogen and oxygen atoms in total. The van der Waals surface area contributed by atoms with Gasteiger partial charge in [-0.3, -0.25) is 0 Å². The monoisotopic (exact) mass is 318 g/mol. The molecule has 3 rings (SSSR count). The van der Waals surface area contributed by atoms with Crippen LogP contribution in [0.5, 0.6) is 0 Å². The van der Waals surface area contributed by atoms with E-state index in [-0.39, 0.29) is 0 Å². The van der Waals surface area contributed by atoms with Crippen molar-refractivity contribution in [3.05, 3.63) is 40.7 Å². The predicted octanol–water partition coefficient (Wildman–Crippen LogP) is 3.68. The first-order chi connectivity index (χ1) is 10.1. The maximum Gasteiger partial charge on any atom is 0.236 e. The summed E-state index contributed by atoms with van der Waals surface area (Å²) in [5.41, 5.74) is 7.50. The lowest BCUT2D eigenvalue weighted by Gasteiger charge is -2.01. The van der Waals surface area contributed by atoms with Gasteiger partial charge in [-0.05, 0) is 25.3 Å². The van der Waals surface area contributed by atoms with Crippen molar-refractivity contribution in [3.63, 3.8) is 0 Å². The summed E-state index contributed by atoms with van der Waals surface area (Å²) in [7, 11) is 0. The van der Waals surface area contributed by atoms with Crippen molar-refractivity contribution >= 4 is 28.9 Å². The van der Waals surface area contributed by atoms with E-state index in [1.165, 1.54) is 11.8 Å². The summed E-state index contributed by atoms with van der Waals surface area (Å²) in [6, 6.07) is 5.73. The first-order valence-electron chi connectivity index (χ1n) is 6.36. The molecule has 3 heterocycles. The fourth-order valence-electron chi connectivity index (χ4n) is 1.83. The highest BCUT2D eigenvalue weighted by Crippen LogP contribution is 2.28. The molecule has 0 fully saturated rings. The zero-order chi connectivity index (χ0) is 14.8. The van der Waals surface area contributed by atoms with E-state index < -0.39 is 0 Å². The van der Waals surface area contributed by atoms with E-state index in [1.807, 2.05) is 31.4 Å². The number of aryl methyl sites for hydroxylation is 2. The molecule has 0 bridgehead atoms. The minimum Gasteiger partial charge on any atom is -0.440 e. The third-order valence-electron chi connectivity index (χ3n) is 2.82. The molecule has 7 heteroatoms. The van der Waals surface area contributed by atoms with Crippen LogP contribution in [0.15, 0.2) is 33.2 Å². The van der Waals surface area contributed by atoms with E-state index in [0.717, 1.165) is 22.0 Å². The zero-order valence-electron chi connectivity index (χ0n) is 11.7. The number of nitrogens with zero attached hydrogens (tertiary/aromatic N) is 3. The Morgan fingerprint density at radius 2 is 2.14 bits per heavy atom. The Hall–Kier alpha value is -1.86. The van der Waals surface area contributed by atoms with Gasteiger partial charge >= 0.3 is 0 Å². The smallest absolute Gasteiger partial charge is 0.236 e. The SMILES string of the molecule is Cc1cc(N)nc(SCc2nc(-c3cccs3)oc2C)n1. The Kier molecular flexibility index (Phi) is 3.94.